The lowest BCUT2D eigenvalue weighted by Gasteiger charge is -2.34. The molecular formula is C18H29N3. The molecule has 2 aliphatic heterocycles. The number of rotatable bonds is 3. The minimum atomic E-state index is 0.439. The second kappa shape index (κ2) is 6.47. The standard InChI is InChI=1S/C18H29N3/c1-14-4-3-5-16(15(14)2)12-20-9-8-18(13-20)21-10-6-17(19)7-11-21/h3-5,17-18H,6-13,19H2,1-2H3. The maximum absolute atomic E-state index is 6.02. The topological polar surface area (TPSA) is 32.5 Å². The fraction of sp³-hybridized carbons (Fsp3) is 0.667. The van der Waals surface area contributed by atoms with Gasteiger partial charge in [-0.25, -0.2) is 0 Å². The first-order valence-electron chi connectivity index (χ1n) is 8.40. The predicted octanol–water partition coefficient (Wildman–Crippen LogP) is 2.30. The Labute approximate surface area is 129 Å². The van der Waals surface area contributed by atoms with E-state index in [1.807, 2.05) is 0 Å². The van der Waals surface area contributed by atoms with Crippen LogP contribution in [0.25, 0.3) is 0 Å². The lowest BCUT2D eigenvalue weighted by atomic mass is 10.0. The Bertz CT molecular complexity index is 477. The summed E-state index contributed by atoms with van der Waals surface area (Å²) in [6, 6.07) is 7.88. The van der Waals surface area contributed by atoms with Crippen molar-refractivity contribution in [3.05, 3.63) is 34.9 Å². The molecule has 2 heterocycles. The number of nitrogens with zero attached hydrogens (tertiary/aromatic N) is 2. The third-order valence-electron chi connectivity index (χ3n) is 5.45. The SMILES string of the molecule is Cc1cccc(CN2CCC(N3CCC(N)CC3)C2)c1C. The summed E-state index contributed by atoms with van der Waals surface area (Å²) in [5.41, 5.74) is 10.4. The van der Waals surface area contributed by atoms with Crippen LogP contribution in [0.4, 0.5) is 0 Å². The van der Waals surface area contributed by atoms with Gasteiger partial charge in [-0.3, -0.25) is 9.80 Å². The van der Waals surface area contributed by atoms with Gasteiger partial charge in [0.1, 0.15) is 0 Å². The Morgan fingerprint density at radius 2 is 1.86 bits per heavy atom. The van der Waals surface area contributed by atoms with E-state index >= 15 is 0 Å². The maximum atomic E-state index is 6.02. The monoisotopic (exact) mass is 287 g/mol. The molecule has 1 aromatic rings. The molecule has 2 saturated heterocycles. The molecule has 0 aromatic heterocycles. The van der Waals surface area contributed by atoms with Gasteiger partial charge in [-0.05, 0) is 62.9 Å². The first kappa shape index (κ1) is 15.0. The predicted molar refractivity (Wildman–Crippen MR) is 88.4 cm³/mol. The van der Waals surface area contributed by atoms with Crippen LogP contribution in [0.3, 0.4) is 0 Å². The van der Waals surface area contributed by atoms with Crippen LogP contribution in [0.15, 0.2) is 18.2 Å². The fourth-order valence-electron chi connectivity index (χ4n) is 3.76. The summed E-state index contributed by atoms with van der Waals surface area (Å²) in [5.74, 6) is 0. The smallest absolute Gasteiger partial charge is 0.0237 e. The van der Waals surface area contributed by atoms with Crippen LogP contribution < -0.4 is 5.73 Å². The number of hydrogen-bond acceptors (Lipinski definition) is 3. The molecule has 0 aliphatic carbocycles. The lowest BCUT2D eigenvalue weighted by Crippen LogP contribution is -2.46. The van der Waals surface area contributed by atoms with Crippen molar-refractivity contribution in [2.45, 2.75) is 51.7 Å². The molecule has 0 spiro atoms. The van der Waals surface area contributed by atoms with Gasteiger partial charge in [0.2, 0.25) is 0 Å². The van der Waals surface area contributed by atoms with Gasteiger partial charge < -0.3 is 5.73 Å². The van der Waals surface area contributed by atoms with E-state index in [2.05, 4.69) is 41.8 Å². The molecule has 0 saturated carbocycles. The Kier molecular flexibility index (Phi) is 4.63. The number of hydrogen-bond donors (Lipinski definition) is 1. The van der Waals surface area contributed by atoms with Gasteiger partial charge in [0.25, 0.3) is 0 Å². The minimum Gasteiger partial charge on any atom is -0.328 e. The lowest BCUT2D eigenvalue weighted by molar-refractivity contribution is 0.151. The highest BCUT2D eigenvalue weighted by Gasteiger charge is 2.29. The summed E-state index contributed by atoms with van der Waals surface area (Å²) in [5, 5.41) is 0. The third kappa shape index (κ3) is 3.47. The van der Waals surface area contributed by atoms with Crippen molar-refractivity contribution in [3.63, 3.8) is 0 Å². The van der Waals surface area contributed by atoms with Crippen LogP contribution in [0, 0.1) is 13.8 Å². The summed E-state index contributed by atoms with van der Waals surface area (Å²) >= 11 is 0. The summed E-state index contributed by atoms with van der Waals surface area (Å²) in [6.45, 7) is 10.4. The first-order valence-corrected chi connectivity index (χ1v) is 8.40. The zero-order valence-electron chi connectivity index (χ0n) is 13.5. The van der Waals surface area contributed by atoms with Crippen LogP contribution in [-0.2, 0) is 6.54 Å². The van der Waals surface area contributed by atoms with E-state index in [9.17, 15) is 0 Å². The van der Waals surface area contributed by atoms with Gasteiger partial charge in [-0.1, -0.05) is 18.2 Å². The van der Waals surface area contributed by atoms with E-state index in [4.69, 9.17) is 5.73 Å². The molecule has 0 bridgehead atoms. The van der Waals surface area contributed by atoms with E-state index in [1.54, 1.807) is 0 Å². The van der Waals surface area contributed by atoms with Crippen molar-refractivity contribution in [1.29, 1.82) is 0 Å². The van der Waals surface area contributed by atoms with Gasteiger partial charge in [0.05, 0.1) is 0 Å². The molecule has 116 valence electrons. The van der Waals surface area contributed by atoms with Crippen LogP contribution in [-0.4, -0.2) is 48.1 Å². The summed E-state index contributed by atoms with van der Waals surface area (Å²) in [7, 11) is 0. The zero-order valence-corrected chi connectivity index (χ0v) is 13.5. The van der Waals surface area contributed by atoms with Crippen molar-refractivity contribution < 1.29 is 0 Å². The summed E-state index contributed by atoms with van der Waals surface area (Å²) in [4.78, 5) is 5.30. The second-order valence-electron chi connectivity index (χ2n) is 6.91. The van der Waals surface area contributed by atoms with Crippen molar-refractivity contribution in [2.24, 2.45) is 5.73 Å². The van der Waals surface area contributed by atoms with E-state index in [0.29, 0.717) is 6.04 Å². The Hall–Kier alpha value is -0.900. The number of benzene rings is 1. The molecule has 0 radical (unpaired) electrons. The van der Waals surface area contributed by atoms with Crippen molar-refractivity contribution >= 4 is 0 Å². The molecule has 1 aromatic carbocycles. The maximum Gasteiger partial charge on any atom is 0.0237 e. The van der Waals surface area contributed by atoms with Crippen LogP contribution in [0.2, 0.25) is 0 Å². The molecule has 3 heteroatoms. The van der Waals surface area contributed by atoms with Crippen LogP contribution >= 0.6 is 0 Å². The molecular weight excluding hydrogens is 258 g/mol. The number of aryl methyl sites for hydroxylation is 1. The quantitative estimate of drug-likeness (QED) is 0.926. The molecule has 1 atom stereocenters. The van der Waals surface area contributed by atoms with Gasteiger partial charge in [-0.15, -0.1) is 0 Å². The highest BCUT2D eigenvalue weighted by Crippen LogP contribution is 2.23. The molecule has 2 fully saturated rings. The molecule has 2 N–H and O–H groups in total. The highest BCUT2D eigenvalue weighted by molar-refractivity contribution is 5.33. The van der Waals surface area contributed by atoms with Crippen LogP contribution in [0.5, 0.6) is 0 Å². The van der Waals surface area contributed by atoms with Crippen molar-refractivity contribution in [3.8, 4) is 0 Å². The molecule has 3 nitrogen and oxygen atoms in total. The molecule has 21 heavy (non-hydrogen) atoms. The van der Waals surface area contributed by atoms with E-state index < -0.39 is 0 Å². The van der Waals surface area contributed by atoms with E-state index in [-0.39, 0.29) is 0 Å². The normalized spacial score (nSPS) is 25.6. The Balaban J connectivity index is 1.56. The Morgan fingerprint density at radius 3 is 2.62 bits per heavy atom. The summed E-state index contributed by atoms with van der Waals surface area (Å²) < 4.78 is 0. The average Bonchev–Trinajstić information content (AvgIpc) is 2.93. The van der Waals surface area contributed by atoms with Gasteiger partial charge in [-0.2, -0.15) is 0 Å². The second-order valence-corrected chi connectivity index (χ2v) is 6.91. The van der Waals surface area contributed by atoms with Crippen molar-refractivity contribution in [2.75, 3.05) is 26.2 Å². The molecule has 0 amide bonds. The van der Waals surface area contributed by atoms with E-state index in [1.165, 1.54) is 62.1 Å². The van der Waals surface area contributed by atoms with Gasteiger partial charge in [0.15, 0.2) is 0 Å². The first-order chi connectivity index (χ1) is 10.1. The average molecular weight is 287 g/mol. The molecule has 1 unspecified atom stereocenters. The molecule has 2 aliphatic rings. The highest BCUT2D eigenvalue weighted by atomic mass is 15.3. The third-order valence-corrected chi connectivity index (χ3v) is 5.45. The van der Waals surface area contributed by atoms with Gasteiger partial charge >= 0.3 is 0 Å². The molecule has 3 rings (SSSR count). The zero-order chi connectivity index (χ0) is 14.8. The Morgan fingerprint density at radius 1 is 1.10 bits per heavy atom. The largest absolute Gasteiger partial charge is 0.328 e. The number of nitrogens with two attached hydrogens (primary N) is 1. The van der Waals surface area contributed by atoms with Gasteiger partial charge in [0, 0.05) is 31.7 Å². The fourth-order valence-corrected chi connectivity index (χ4v) is 3.76. The number of likely N-dealkylation sites (tertiary alicyclic amines) is 2. The number of piperidine rings is 1. The minimum absolute atomic E-state index is 0.439. The van der Waals surface area contributed by atoms with Crippen molar-refractivity contribution in [1.82, 2.24) is 9.80 Å². The van der Waals surface area contributed by atoms with Crippen LogP contribution in [0.1, 0.15) is 36.0 Å². The summed E-state index contributed by atoms with van der Waals surface area (Å²) in [6.07, 6.45) is 3.67. The van der Waals surface area contributed by atoms with E-state index in [0.717, 1.165) is 12.6 Å².